The van der Waals surface area contributed by atoms with Gasteiger partial charge in [0.25, 0.3) is 0 Å². The molecule has 0 spiro atoms. The molecule has 48 heavy (non-hydrogen) atoms. The predicted octanol–water partition coefficient (Wildman–Crippen LogP) is 12.9. The molecule has 9 aromatic rings. The Morgan fingerprint density at radius 1 is 0.312 bits per heavy atom. The van der Waals surface area contributed by atoms with Crippen LogP contribution in [0.4, 0.5) is 0 Å². The van der Waals surface area contributed by atoms with Crippen LogP contribution in [0.5, 0.6) is 0 Å². The normalized spacial score (nSPS) is 11.8. The second kappa shape index (κ2) is 10.6. The molecule has 0 N–H and O–H groups in total. The first-order chi connectivity index (χ1) is 23.8. The van der Waals surface area contributed by atoms with Crippen molar-refractivity contribution >= 4 is 32.4 Å². The molecular formula is C47H29N. The molecule has 0 bridgehead atoms. The molecule has 0 radical (unpaired) electrons. The molecular weight excluding hydrogens is 579 g/mol. The number of hydrogen-bond acceptors (Lipinski definition) is 1. The van der Waals surface area contributed by atoms with E-state index in [9.17, 15) is 0 Å². The first-order valence-electron chi connectivity index (χ1n) is 16.6. The van der Waals surface area contributed by atoms with E-state index in [0.717, 1.165) is 22.2 Å². The van der Waals surface area contributed by atoms with Crippen LogP contribution in [0.1, 0.15) is 0 Å². The minimum absolute atomic E-state index is 0.990. The first kappa shape index (κ1) is 26.9. The quantitative estimate of drug-likeness (QED) is 0.194. The van der Waals surface area contributed by atoms with Crippen molar-refractivity contribution in [3.05, 3.63) is 176 Å². The topological polar surface area (TPSA) is 12.9 Å². The zero-order chi connectivity index (χ0) is 31.6. The highest BCUT2D eigenvalue weighted by molar-refractivity contribution is 6.28. The largest absolute Gasteiger partial charge is 0.248 e. The standard InChI is InChI=1S/C47H29N/c1-4-13-30(14-5-1)41-26-25-31-23-24-34(29-42(31)48-41)36-27-35-19-12-22-39-43(35)40(28-36)47-45(33-17-8-3-9-18-33)38-21-11-10-20-37(38)44(46(39)47)32-15-6-2-7-16-32/h1-29H. The van der Waals surface area contributed by atoms with Gasteiger partial charge in [0.1, 0.15) is 0 Å². The highest BCUT2D eigenvalue weighted by Crippen LogP contribution is 2.58. The van der Waals surface area contributed by atoms with Crippen molar-refractivity contribution in [2.24, 2.45) is 0 Å². The minimum atomic E-state index is 0.990. The van der Waals surface area contributed by atoms with Gasteiger partial charge in [-0.3, -0.25) is 0 Å². The molecule has 1 aliphatic carbocycles. The molecule has 222 valence electrons. The van der Waals surface area contributed by atoms with Gasteiger partial charge in [0.15, 0.2) is 0 Å². The predicted molar refractivity (Wildman–Crippen MR) is 203 cm³/mol. The molecule has 1 nitrogen and oxygen atoms in total. The first-order valence-corrected chi connectivity index (χ1v) is 16.6. The zero-order valence-electron chi connectivity index (χ0n) is 26.2. The van der Waals surface area contributed by atoms with E-state index in [1.807, 2.05) is 6.07 Å². The number of benzene rings is 8. The van der Waals surface area contributed by atoms with Gasteiger partial charge in [-0.2, -0.15) is 0 Å². The van der Waals surface area contributed by atoms with Crippen molar-refractivity contribution in [2.75, 3.05) is 0 Å². The SMILES string of the molecule is c1ccc(-c2ccc3ccc(-c4cc5c6c(cccc6c4)-c4c-5c(-c5ccccc5)c5ccccc5c4-c4ccccc4)cc3n2)cc1. The number of rotatable bonds is 4. The highest BCUT2D eigenvalue weighted by atomic mass is 14.7. The summed E-state index contributed by atoms with van der Waals surface area (Å²) in [6.07, 6.45) is 0. The van der Waals surface area contributed by atoms with Gasteiger partial charge in [0.05, 0.1) is 11.2 Å². The smallest absolute Gasteiger partial charge is 0.0715 e. The summed E-state index contributed by atoms with van der Waals surface area (Å²) in [6, 6.07) is 63.8. The lowest BCUT2D eigenvalue weighted by Gasteiger charge is -2.20. The van der Waals surface area contributed by atoms with Crippen LogP contribution >= 0.6 is 0 Å². The van der Waals surface area contributed by atoms with Gasteiger partial charge in [-0.15, -0.1) is 0 Å². The fraction of sp³-hybridized carbons (Fsp3) is 0. The molecule has 0 saturated heterocycles. The van der Waals surface area contributed by atoms with Crippen LogP contribution in [0.15, 0.2) is 176 Å². The van der Waals surface area contributed by atoms with E-state index in [1.54, 1.807) is 0 Å². The maximum atomic E-state index is 5.12. The summed E-state index contributed by atoms with van der Waals surface area (Å²) in [7, 11) is 0. The van der Waals surface area contributed by atoms with Crippen molar-refractivity contribution in [3.63, 3.8) is 0 Å². The molecule has 1 aliphatic rings. The van der Waals surface area contributed by atoms with Crippen LogP contribution in [0.2, 0.25) is 0 Å². The Balaban J connectivity index is 1.28. The van der Waals surface area contributed by atoms with Gasteiger partial charge in [-0.05, 0) is 101 Å². The van der Waals surface area contributed by atoms with Gasteiger partial charge in [-0.25, -0.2) is 4.98 Å². The molecule has 0 saturated carbocycles. The lowest BCUT2D eigenvalue weighted by Crippen LogP contribution is -1.93. The van der Waals surface area contributed by atoms with E-state index in [0.29, 0.717) is 0 Å². The fourth-order valence-electron chi connectivity index (χ4n) is 7.85. The Bertz CT molecular complexity index is 2690. The third-order valence-electron chi connectivity index (χ3n) is 9.95. The lowest BCUT2D eigenvalue weighted by atomic mass is 9.82. The lowest BCUT2D eigenvalue weighted by molar-refractivity contribution is 1.40. The van der Waals surface area contributed by atoms with Crippen LogP contribution < -0.4 is 0 Å². The Kier molecular flexibility index (Phi) is 5.94. The molecule has 0 atom stereocenters. The van der Waals surface area contributed by atoms with E-state index >= 15 is 0 Å². The average molecular weight is 608 g/mol. The van der Waals surface area contributed by atoms with Gasteiger partial charge in [0, 0.05) is 10.9 Å². The van der Waals surface area contributed by atoms with Crippen LogP contribution in [0, 0.1) is 0 Å². The second-order valence-electron chi connectivity index (χ2n) is 12.7. The summed E-state index contributed by atoms with van der Waals surface area (Å²) >= 11 is 0. The van der Waals surface area contributed by atoms with E-state index in [4.69, 9.17) is 4.98 Å². The summed E-state index contributed by atoms with van der Waals surface area (Å²) in [5.74, 6) is 0. The van der Waals surface area contributed by atoms with Crippen LogP contribution in [0.3, 0.4) is 0 Å². The van der Waals surface area contributed by atoms with Crippen molar-refractivity contribution in [1.82, 2.24) is 4.98 Å². The van der Waals surface area contributed by atoms with Crippen molar-refractivity contribution in [1.29, 1.82) is 0 Å². The van der Waals surface area contributed by atoms with E-state index in [1.165, 1.54) is 77.2 Å². The Morgan fingerprint density at radius 2 is 0.896 bits per heavy atom. The third-order valence-corrected chi connectivity index (χ3v) is 9.95. The highest BCUT2D eigenvalue weighted by Gasteiger charge is 2.30. The Hall–Kier alpha value is -6.31. The molecule has 8 aromatic carbocycles. The number of nitrogens with zero attached hydrogens (tertiary/aromatic N) is 1. The molecule has 1 heterocycles. The number of hydrogen-bond donors (Lipinski definition) is 0. The minimum Gasteiger partial charge on any atom is -0.248 e. The van der Waals surface area contributed by atoms with Crippen molar-refractivity contribution in [2.45, 2.75) is 0 Å². The van der Waals surface area contributed by atoms with E-state index in [2.05, 4.69) is 170 Å². The average Bonchev–Trinajstić information content (AvgIpc) is 3.49. The molecule has 0 fully saturated rings. The van der Waals surface area contributed by atoms with Crippen molar-refractivity contribution < 1.29 is 0 Å². The number of aromatic nitrogens is 1. The summed E-state index contributed by atoms with van der Waals surface area (Å²) < 4.78 is 0. The second-order valence-corrected chi connectivity index (χ2v) is 12.7. The Morgan fingerprint density at radius 3 is 1.56 bits per heavy atom. The van der Waals surface area contributed by atoms with Crippen molar-refractivity contribution in [3.8, 4) is 66.9 Å². The third kappa shape index (κ3) is 4.08. The monoisotopic (exact) mass is 607 g/mol. The molecule has 1 aromatic heterocycles. The molecule has 0 aliphatic heterocycles. The summed E-state index contributed by atoms with van der Waals surface area (Å²) in [4.78, 5) is 5.12. The summed E-state index contributed by atoms with van der Waals surface area (Å²) in [6.45, 7) is 0. The van der Waals surface area contributed by atoms with Gasteiger partial charge >= 0.3 is 0 Å². The summed E-state index contributed by atoms with van der Waals surface area (Å²) in [5.41, 5.74) is 15.8. The fourth-order valence-corrected chi connectivity index (χ4v) is 7.85. The summed E-state index contributed by atoms with van der Waals surface area (Å²) in [5, 5.41) is 6.27. The maximum Gasteiger partial charge on any atom is 0.0715 e. The van der Waals surface area contributed by atoms with Gasteiger partial charge < -0.3 is 0 Å². The maximum absolute atomic E-state index is 5.12. The van der Waals surface area contributed by atoms with Crippen LogP contribution in [-0.4, -0.2) is 4.98 Å². The number of pyridine rings is 1. The Labute approximate surface area is 279 Å². The van der Waals surface area contributed by atoms with Gasteiger partial charge in [-0.1, -0.05) is 152 Å². The van der Waals surface area contributed by atoms with E-state index in [-0.39, 0.29) is 0 Å². The molecule has 10 rings (SSSR count). The van der Waals surface area contributed by atoms with Crippen LogP contribution in [0.25, 0.3) is 99.3 Å². The van der Waals surface area contributed by atoms with Crippen LogP contribution in [-0.2, 0) is 0 Å². The number of fused-ring (bicyclic) bond motifs is 5. The van der Waals surface area contributed by atoms with E-state index < -0.39 is 0 Å². The molecule has 1 heteroatoms. The molecule has 0 amide bonds. The zero-order valence-corrected chi connectivity index (χ0v) is 26.2. The molecule has 0 unspecified atom stereocenters. The van der Waals surface area contributed by atoms with Gasteiger partial charge in [0.2, 0.25) is 0 Å².